The van der Waals surface area contributed by atoms with Gasteiger partial charge in [-0.3, -0.25) is 0 Å². The van der Waals surface area contributed by atoms with Crippen molar-refractivity contribution in [3.63, 3.8) is 0 Å². The SMILES string of the molecule is CC1CCCC(c2ncc[nH]2)C1. The van der Waals surface area contributed by atoms with Gasteiger partial charge in [-0.15, -0.1) is 0 Å². The molecule has 1 aliphatic rings. The van der Waals surface area contributed by atoms with Crippen molar-refractivity contribution in [1.29, 1.82) is 0 Å². The van der Waals surface area contributed by atoms with E-state index in [1.807, 2.05) is 12.4 Å². The van der Waals surface area contributed by atoms with Gasteiger partial charge in [0.15, 0.2) is 0 Å². The quantitative estimate of drug-likeness (QED) is 0.679. The minimum Gasteiger partial charge on any atom is -0.348 e. The summed E-state index contributed by atoms with van der Waals surface area (Å²) >= 11 is 0. The van der Waals surface area contributed by atoms with Crippen LogP contribution >= 0.6 is 0 Å². The number of nitrogens with one attached hydrogen (secondary N) is 1. The summed E-state index contributed by atoms with van der Waals surface area (Å²) in [4.78, 5) is 7.54. The fourth-order valence-electron chi connectivity index (χ4n) is 2.18. The first-order valence-corrected chi connectivity index (χ1v) is 4.85. The van der Waals surface area contributed by atoms with Crippen molar-refractivity contribution in [1.82, 2.24) is 9.97 Å². The number of hydrogen-bond acceptors (Lipinski definition) is 1. The summed E-state index contributed by atoms with van der Waals surface area (Å²) in [6, 6.07) is 0. The van der Waals surface area contributed by atoms with Crippen LogP contribution in [0, 0.1) is 5.92 Å². The zero-order valence-electron chi connectivity index (χ0n) is 7.59. The molecule has 1 N–H and O–H groups in total. The van der Waals surface area contributed by atoms with Crippen molar-refractivity contribution in [3.05, 3.63) is 18.2 Å². The molecule has 2 nitrogen and oxygen atoms in total. The average Bonchev–Trinajstić information content (AvgIpc) is 2.56. The molecule has 2 rings (SSSR count). The Morgan fingerprint density at radius 2 is 2.42 bits per heavy atom. The number of aromatic amines is 1. The van der Waals surface area contributed by atoms with Crippen molar-refractivity contribution in [2.45, 2.75) is 38.5 Å². The number of nitrogens with zero attached hydrogens (tertiary/aromatic N) is 1. The first-order chi connectivity index (χ1) is 5.86. The third-order valence-corrected chi connectivity index (χ3v) is 2.84. The molecule has 0 radical (unpaired) electrons. The lowest BCUT2D eigenvalue weighted by Crippen LogP contribution is -2.12. The van der Waals surface area contributed by atoms with E-state index in [1.54, 1.807) is 0 Å². The summed E-state index contributed by atoms with van der Waals surface area (Å²) in [5.74, 6) is 2.78. The average molecular weight is 164 g/mol. The van der Waals surface area contributed by atoms with Crippen molar-refractivity contribution >= 4 is 0 Å². The molecule has 2 unspecified atom stereocenters. The summed E-state index contributed by atoms with van der Waals surface area (Å²) < 4.78 is 0. The molecular formula is C10H16N2. The van der Waals surface area contributed by atoms with Crippen molar-refractivity contribution in [2.24, 2.45) is 5.92 Å². The van der Waals surface area contributed by atoms with Crippen LogP contribution in [-0.2, 0) is 0 Å². The van der Waals surface area contributed by atoms with Crippen LogP contribution < -0.4 is 0 Å². The van der Waals surface area contributed by atoms with Gasteiger partial charge in [0.25, 0.3) is 0 Å². The second kappa shape index (κ2) is 3.30. The van der Waals surface area contributed by atoms with E-state index in [-0.39, 0.29) is 0 Å². The summed E-state index contributed by atoms with van der Waals surface area (Å²) in [5.41, 5.74) is 0. The molecule has 0 spiro atoms. The van der Waals surface area contributed by atoms with Crippen LogP contribution in [0.5, 0.6) is 0 Å². The number of hydrogen-bond donors (Lipinski definition) is 1. The largest absolute Gasteiger partial charge is 0.348 e. The van der Waals surface area contributed by atoms with Gasteiger partial charge in [-0.25, -0.2) is 4.98 Å². The fourth-order valence-corrected chi connectivity index (χ4v) is 2.18. The van der Waals surface area contributed by atoms with Gasteiger partial charge in [0.05, 0.1) is 0 Å². The van der Waals surface area contributed by atoms with Gasteiger partial charge in [0.2, 0.25) is 0 Å². The maximum Gasteiger partial charge on any atom is 0.109 e. The molecule has 1 fully saturated rings. The van der Waals surface area contributed by atoms with Gasteiger partial charge in [0.1, 0.15) is 5.82 Å². The van der Waals surface area contributed by atoms with Gasteiger partial charge in [-0.05, 0) is 18.8 Å². The molecule has 1 aromatic rings. The molecule has 1 aromatic heterocycles. The van der Waals surface area contributed by atoms with Crippen LogP contribution in [0.2, 0.25) is 0 Å². The van der Waals surface area contributed by atoms with E-state index in [1.165, 1.54) is 31.5 Å². The molecule has 0 amide bonds. The Morgan fingerprint density at radius 3 is 3.08 bits per heavy atom. The molecule has 0 saturated heterocycles. The summed E-state index contributed by atoms with van der Waals surface area (Å²) in [6.45, 7) is 2.34. The molecular weight excluding hydrogens is 148 g/mol. The highest BCUT2D eigenvalue weighted by Crippen LogP contribution is 2.33. The molecule has 0 bridgehead atoms. The van der Waals surface area contributed by atoms with Gasteiger partial charge >= 0.3 is 0 Å². The molecule has 12 heavy (non-hydrogen) atoms. The monoisotopic (exact) mass is 164 g/mol. The Bertz CT molecular complexity index is 228. The van der Waals surface area contributed by atoms with Crippen molar-refractivity contribution < 1.29 is 0 Å². The lowest BCUT2D eigenvalue weighted by molar-refractivity contribution is 0.336. The summed E-state index contributed by atoms with van der Waals surface area (Å²) in [6.07, 6.45) is 9.18. The van der Waals surface area contributed by atoms with Crippen molar-refractivity contribution in [3.8, 4) is 0 Å². The fraction of sp³-hybridized carbons (Fsp3) is 0.700. The van der Waals surface area contributed by atoms with Gasteiger partial charge in [0, 0.05) is 18.3 Å². The Morgan fingerprint density at radius 1 is 1.50 bits per heavy atom. The number of aromatic nitrogens is 2. The van der Waals surface area contributed by atoms with Crippen molar-refractivity contribution in [2.75, 3.05) is 0 Å². The molecule has 2 heteroatoms. The maximum atomic E-state index is 4.32. The zero-order valence-corrected chi connectivity index (χ0v) is 7.59. The molecule has 2 atom stereocenters. The highest BCUT2D eigenvalue weighted by Gasteiger charge is 2.21. The lowest BCUT2D eigenvalue weighted by Gasteiger charge is -2.24. The standard InChI is InChI=1S/C10H16N2/c1-8-3-2-4-9(7-8)10-11-5-6-12-10/h5-6,8-9H,2-4,7H2,1H3,(H,11,12). The topological polar surface area (TPSA) is 28.7 Å². The molecule has 1 aliphatic carbocycles. The van der Waals surface area contributed by atoms with Crippen LogP contribution in [0.15, 0.2) is 12.4 Å². The Labute approximate surface area is 73.4 Å². The van der Waals surface area contributed by atoms with Crippen LogP contribution in [0.1, 0.15) is 44.3 Å². The highest BCUT2D eigenvalue weighted by atomic mass is 14.9. The number of rotatable bonds is 1. The Balaban J connectivity index is 2.04. The van der Waals surface area contributed by atoms with E-state index in [9.17, 15) is 0 Å². The molecule has 1 heterocycles. The third kappa shape index (κ3) is 1.52. The zero-order chi connectivity index (χ0) is 8.39. The predicted octanol–water partition coefficient (Wildman–Crippen LogP) is 2.70. The number of H-pyrrole nitrogens is 1. The van der Waals surface area contributed by atoms with E-state index < -0.39 is 0 Å². The molecule has 0 aromatic carbocycles. The van der Waals surface area contributed by atoms with E-state index >= 15 is 0 Å². The molecule has 66 valence electrons. The van der Waals surface area contributed by atoms with Gasteiger partial charge in [-0.2, -0.15) is 0 Å². The smallest absolute Gasteiger partial charge is 0.109 e. The van der Waals surface area contributed by atoms with Crippen LogP contribution in [-0.4, -0.2) is 9.97 Å². The second-order valence-electron chi connectivity index (χ2n) is 3.94. The Kier molecular flexibility index (Phi) is 2.15. The summed E-state index contributed by atoms with van der Waals surface area (Å²) in [5, 5.41) is 0. The molecule has 0 aliphatic heterocycles. The van der Waals surface area contributed by atoms with Crippen LogP contribution in [0.25, 0.3) is 0 Å². The van der Waals surface area contributed by atoms with E-state index in [4.69, 9.17) is 0 Å². The third-order valence-electron chi connectivity index (χ3n) is 2.84. The minimum atomic E-state index is 0.698. The first kappa shape index (κ1) is 7.84. The van der Waals surface area contributed by atoms with E-state index in [2.05, 4.69) is 16.9 Å². The van der Waals surface area contributed by atoms with Gasteiger partial charge in [-0.1, -0.05) is 19.8 Å². The van der Waals surface area contributed by atoms with Crippen LogP contribution in [0.3, 0.4) is 0 Å². The van der Waals surface area contributed by atoms with E-state index in [0.717, 1.165) is 5.92 Å². The lowest BCUT2D eigenvalue weighted by atomic mass is 9.82. The molecule has 1 saturated carbocycles. The predicted molar refractivity (Wildman–Crippen MR) is 49.0 cm³/mol. The van der Waals surface area contributed by atoms with E-state index in [0.29, 0.717) is 5.92 Å². The number of imidazole rings is 1. The Hall–Kier alpha value is -0.790. The minimum absolute atomic E-state index is 0.698. The van der Waals surface area contributed by atoms with Crippen LogP contribution in [0.4, 0.5) is 0 Å². The normalized spacial score (nSPS) is 30.4. The first-order valence-electron chi connectivity index (χ1n) is 4.85. The summed E-state index contributed by atoms with van der Waals surface area (Å²) in [7, 11) is 0. The maximum absolute atomic E-state index is 4.32. The van der Waals surface area contributed by atoms with Gasteiger partial charge < -0.3 is 4.98 Å². The second-order valence-corrected chi connectivity index (χ2v) is 3.94. The highest BCUT2D eigenvalue weighted by molar-refractivity contribution is 4.98.